The molecule has 0 bridgehead atoms. The van der Waals surface area contributed by atoms with Crippen LogP contribution in [0.25, 0.3) is 0 Å². The van der Waals surface area contributed by atoms with Crippen LogP contribution in [-0.4, -0.2) is 46.9 Å². The number of aromatic amines is 1. The summed E-state index contributed by atoms with van der Waals surface area (Å²) < 4.78 is 26.7. The van der Waals surface area contributed by atoms with Crippen molar-refractivity contribution in [3.8, 4) is 0 Å². The van der Waals surface area contributed by atoms with E-state index in [0.717, 1.165) is 0 Å². The molecule has 1 unspecified atom stereocenters. The second-order valence-electron chi connectivity index (χ2n) is 4.96. The molecule has 1 aliphatic heterocycles. The van der Waals surface area contributed by atoms with Gasteiger partial charge in [-0.2, -0.15) is 14.4 Å². The fraction of sp³-hybridized carbons (Fsp3) is 0.417. The van der Waals surface area contributed by atoms with Crippen molar-refractivity contribution in [2.24, 2.45) is 5.92 Å². The average Bonchev–Trinajstić information content (AvgIpc) is 3.21. The van der Waals surface area contributed by atoms with Crippen LogP contribution in [0.3, 0.4) is 0 Å². The van der Waals surface area contributed by atoms with Crippen molar-refractivity contribution in [2.75, 3.05) is 18.4 Å². The van der Waals surface area contributed by atoms with Gasteiger partial charge in [0.05, 0.1) is 5.92 Å². The molecule has 2 N–H and O–H groups in total. The van der Waals surface area contributed by atoms with Crippen LogP contribution in [0.4, 0.5) is 5.95 Å². The number of H-pyrrole nitrogens is 1. The summed E-state index contributed by atoms with van der Waals surface area (Å²) in [6.45, 7) is 0.618. The van der Waals surface area contributed by atoms with Gasteiger partial charge in [0, 0.05) is 13.1 Å². The molecule has 0 spiro atoms. The summed E-state index contributed by atoms with van der Waals surface area (Å²) in [6.07, 6.45) is 2.60. The van der Waals surface area contributed by atoms with Crippen LogP contribution in [0.5, 0.6) is 0 Å². The molecule has 1 saturated heterocycles. The zero-order chi connectivity index (χ0) is 15.6. The van der Waals surface area contributed by atoms with E-state index in [9.17, 15) is 13.2 Å². The predicted octanol–water partition coefficient (Wildman–Crippen LogP) is 0.906. The second kappa shape index (κ2) is 6.15. The molecule has 0 aromatic carbocycles. The minimum Gasteiger partial charge on any atom is -0.295 e. The van der Waals surface area contributed by atoms with Gasteiger partial charge in [-0.1, -0.05) is 6.07 Å². The number of hydrogen-bond acceptors (Lipinski definition) is 6. The predicted molar refractivity (Wildman–Crippen MR) is 80.8 cm³/mol. The zero-order valence-electron chi connectivity index (χ0n) is 11.6. The van der Waals surface area contributed by atoms with Crippen LogP contribution in [-0.2, 0) is 14.8 Å². The maximum Gasteiger partial charge on any atom is 0.252 e. The van der Waals surface area contributed by atoms with E-state index >= 15 is 0 Å². The number of carbonyl (C=O) groups excluding carboxylic acids is 1. The van der Waals surface area contributed by atoms with Crippen LogP contribution in [0.1, 0.15) is 12.8 Å². The number of hydrogen-bond donors (Lipinski definition) is 2. The summed E-state index contributed by atoms with van der Waals surface area (Å²) in [6, 6.07) is 3.29. The molecule has 8 nitrogen and oxygen atoms in total. The molecule has 1 fully saturated rings. The van der Waals surface area contributed by atoms with Gasteiger partial charge >= 0.3 is 0 Å². The Hall–Kier alpha value is -1.78. The number of sulfonamides is 1. The SMILES string of the molecule is O=C(Nc1ncn[nH]1)C1CCCN(S(=O)(=O)c2cccs2)C1. The summed E-state index contributed by atoms with van der Waals surface area (Å²) in [7, 11) is -3.51. The van der Waals surface area contributed by atoms with Gasteiger partial charge in [0.2, 0.25) is 11.9 Å². The largest absolute Gasteiger partial charge is 0.295 e. The summed E-state index contributed by atoms with van der Waals surface area (Å²) in [5, 5.41) is 10.5. The van der Waals surface area contributed by atoms with Crippen molar-refractivity contribution in [1.82, 2.24) is 19.5 Å². The van der Waals surface area contributed by atoms with Gasteiger partial charge in [-0.3, -0.25) is 10.1 Å². The number of rotatable bonds is 4. The average molecular weight is 341 g/mol. The first-order valence-electron chi connectivity index (χ1n) is 6.77. The smallest absolute Gasteiger partial charge is 0.252 e. The summed E-state index contributed by atoms with van der Waals surface area (Å²) in [5.74, 6) is -0.375. The van der Waals surface area contributed by atoms with Crippen LogP contribution < -0.4 is 5.32 Å². The van der Waals surface area contributed by atoms with Gasteiger partial charge in [-0.05, 0) is 24.3 Å². The van der Waals surface area contributed by atoms with E-state index in [1.807, 2.05) is 0 Å². The first kappa shape index (κ1) is 15.1. The van der Waals surface area contributed by atoms with E-state index in [1.54, 1.807) is 17.5 Å². The fourth-order valence-corrected chi connectivity index (χ4v) is 5.07. The molecule has 0 aliphatic carbocycles. The third-order valence-corrected chi connectivity index (χ3v) is 6.74. The highest BCUT2D eigenvalue weighted by atomic mass is 32.2. The monoisotopic (exact) mass is 341 g/mol. The molecule has 1 atom stereocenters. The molecular weight excluding hydrogens is 326 g/mol. The lowest BCUT2D eigenvalue weighted by atomic mass is 9.99. The molecule has 22 heavy (non-hydrogen) atoms. The Kier molecular flexibility index (Phi) is 4.23. The third-order valence-electron chi connectivity index (χ3n) is 3.50. The lowest BCUT2D eigenvalue weighted by molar-refractivity contribution is -0.120. The Bertz CT molecular complexity index is 727. The van der Waals surface area contributed by atoms with E-state index < -0.39 is 15.9 Å². The lowest BCUT2D eigenvalue weighted by Crippen LogP contribution is -2.43. The first-order chi connectivity index (χ1) is 10.6. The number of anilines is 1. The topological polar surface area (TPSA) is 108 Å². The molecule has 3 rings (SSSR count). The van der Waals surface area contributed by atoms with Crippen molar-refractivity contribution >= 4 is 33.2 Å². The Morgan fingerprint density at radius 3 is 3.05 bits per heavy atom. The highest BCUT2D eigenvalue weighted by Crippen LogP contribution is 2.26. The van der Waals surface area contributed by atoms with E-state index in [0.29, 0.717) is 23.6 Å². The van der Waals surface area contributed by atoms with Gasteiger partial charge in [-0.25, -0.2) is 13.5 Å². The molecule has 1 amide bonds. The van der Waals surface area contributed by atoms with Crippen molar-refractivity contribution in [3.05, 3.63) is 23.8 Å². The minimum atomic E-state index is -3.51. The molecule has 10 heteroatoms. The number of amides is 1. The number of thiophene rings is 1. The molecule has 1 aliphatic rings. The van der Waals surface area contributed by atoms with Crippen LogP contribution in [0, 0.1) is 5.92 Å². The van der Waals surface area contributed by atoms with Crippen molar-refractivity contribution in [2.45, 2.75) is 17.1 Å². The van der Waals surface area contributed by atoms with Crippen molar-refractivity contribution in [3.63, 3.8) is 0 Å². The number of carbonyl (C=O) groups is 1. The zero-order valence-corrected chi connectivity index (χ0v) is 13.2. The molecule has 0 radical (unpaired) electrons. The van der Waals surface area contributed by atoms with Crippen molar-refractivity contribution < 1.29 is 13.2 Å². The van der Waals surface area contributed by atoms with E-state index in [1.165, 1.54) is 22.0 Å². The number of aromatic nitrogens is 3. The maximum absolute atomic E-state index is 12.5. The first-order valence-corrected chi connectivity index (χ1v) is 9.09. The second-order valence-corrected chi connectivity index (χ2v) is 8.07. The molecular formula is C12H15N5O3S2. The lowest BCUT2D eigenvalue weighted by Gasteiger charge is -2.30. The van der Waals surface area contributed by atoms with Gasteiger partial charge in [0.1, 0.15) is 10.5 Å². The summed E-state index contributed by atoms with van der Waals surface area (Å²) in [4.78, 5) is 16.0. The molecule has 0 saturated carbocycles. The normalized spacial score (nSPS) is 19.9. The quantitative estimate of drug-likeness (QED) is 0.859. The Morgan fingerprint density at radius 2 is 2.36 bits per heavy atom. The molecule has 2 aromatic rings. The molecule has 3 heterocycles. The summed E-state index contributed by atoms with van der Waals surface area (Å²) in [5.41, 5.74) is 0. The van der Waals surface area contributed by atoms with Crippen LogP contribution in [0.15, 0.2) is 28.0 Å². The standard InChI is InChI=1S/C12H15N5O3S2/c18-11(15-12-13-8-14-16-12)9-3-1-5-17(7-9)22(19,20)10-4-2-6-21-10/h2,4,6,8-9H,1,3,5,7H2,(H2,13,14,15,16,18). The number of nitrogens with one attached hydrogen (secondary N) is 2. The molecule has 118 valence electrons. The van der Waals surface area contributed by atoms with Crippen LogP contribution >= 0.6 is 11.3 Å². The fourth-order valence-electron chi connectivity index (χ4n) is 2.40. The van der Waals surface area contributed by atoms with Gasteiger partial charge in [0.15, 0.2) is 0 Å². The van der Waals surface area contributed by atoms with Crippen LogP contribution in [0.2, 0.25) is 0 Å². The molecule has 2 aromatic heterocycles. The highest BCUT2D eigenvalue weighted by molar-refractivity contribution is 7.91. The van der Waals surface area contributed by atoms with E-state index in [-0.39, 0.29) is 18.4 Å². The van der Waals surface area contributed by atoms with E-state index in [4.69, 9.17) is 0 Å². The maximum atomic E-state index is 12.5. The van der Waals surface area contributed by atoms with Gasteiger partial charge < -0.3 is 0 Å². The Labute approximate surface area is 131 Å². The third kappa shape index (κ3) is 3.03. The van der Waals surface area contributed by atoms with E-state index in [2.05, 4.69) is 20.5 Å². The van der Waals surface area contributed by atoms with Gasteiger partial charge in [-0.15, -0.1) is 11.3 Å². The van der Waals surface area contributed by atoms with Crippen molar-refractivity contribution in [1.29, 1.82) is 0 Å². The Morgan fingerprint density at radius 1 is 1.50 bits per heavy atom. The number of nitrogens with zero attached hydrogens (tertiary/aromatic N) is 3. The summed E-state index contributed by atoms with van der Waals surface area (Å²) >= 11 is 1.18. The Balaban J connectivity index is 1.70. The number of piperidine rings is 1. The minimum absolute atomic E-state index is 0.181. The highest BCUT2D eigenvalue weighted by Gasteiger charge is 2.33. The van der Waals surface area contributed by atoms with Gasteiger partial charge in [0.25, 0.3) is 10.0 Å².